The molecule has 0 saturated heterocycles. The highest BCUT2D eigenvalue weighted by molar-refractivity contribution is 6.21. The summed E-state index contributed by atoms with van der Waals surface area (Å²) in [4.78, 5) is 51.1. The highest BCUT2D eigenvalue weighted by Crippen LogP contribution is 2.43. The Morgan fingerprint density at radius 3 is 2.65 bits per heavy atom. The van der Waals surface area contributed by atoms with Crippen molar-refractivity contribution in [3.05, 3.63) is 57.9 Å². The molecule has 0 spiro atoms. The number of fused-ring (bicyclic) bond motifs is 1. The number of Topliss-reactive ketones (excluding diaryl/α,β-unsaturated/α-hetero) is 1. The molecule has 2 aromatic rings. The molecular weight excluding hydrogens is 340 g/mol. The van der Waals surface area contributed by atoms with Crippen LogP contribution in [-0.2, 0) is 15.0 Å². The number of amides is 2. The molecule has 1 unspecified atom stereocenters. The van der Waals surface area contributed by atoms with E-state index in [1.807, 2.05) is 0 Å². The Bertz CT molecular complexity index is 957. The van der Waals surface area contributed by atoms with Crippen LogP contribution in [0.3, 0.4) is 0 Å². The van der Waals surface area contributed by atoms with Crippen molar-refractivity contribution < 1.29 is 19.3 Å². The van der Waals surface area contributed by atoms with Crippen LogP contribution in [0.2, 0.25) is 0 Å². The number of anilines is 2. The summed E-state index contributed by atoms with van der Waals surface area (Å²) in [5.41, 5.74) is -1.30. The molecule has 0 fully saturated rings. The normalized spacial score (nSPS) is 18.0. The molecule has 2 amide bonds. The van der Waals surface area contributed by atoms with Gasteiger partial charge in [0, 0.05) is 24.0 Å². The maximum absolute atomic E-state index is 12.3. The zero-order chi connectivity index (χ0) is 19.1. The summed E-state index contributed by atoms with van der Waals surface area (Å²) in [5.74, 6) is -1.57. The smallest absolute Gasteiger partial charge is 0.294 e. The summed E-state index contributed by atoms with van der Waals surface area (Å²) in [6.45, 7) is 2.71. The number of rotatable bonds is 4. The molecule has 1 aromatic carbocycles. The zero-order valence-corrected chi connectivity index (χ0v) is 13.9. The van der Waals surface area contributed by atoms with E-state index in [0.29, 0.717) is 0 Å². The summed E-state index contributed by atoms with van der Waals surface area (Å²) in [5, 5.41) is 16.3. The summed E-state index contributed by atoms with van der Waals surface area (Å²) >= 11 is 0. The lowest BCUT2D eigenvalue weighted by Gasteiger charge is -2.18. The number of benzene rings is 1. The van der Waals surface area contributed by atoms with Crippen LogP contribution < -0.4 is 10.6 Å². The fraction of sp³-hybridized carbons (Fsp3) is 0.176. The Morgan fingerprint density at radius 1 is 1.35 bits per heavy atom. The molecular formula is C17H14N4O5. The van der Waals surface area contributed by atoms with Crippen molar-refractivity contribution in [1.82, 2.24) is 4.98 Å². The van der Waals surface area contributed by atoms with E-state index in [9.17, 15) is 24.5 Å². The number of carbonyl (C=O) groups excluding carboxylic acids is 3. The van der Waals surface area contributed by atoms with Crippen LogP contribution in [0, 0.1) is 10.1 Å². The molecule has 0 aliphatic carbocycles. The largest absolute Gasteiger partial charge is 0.324 e. The first-order valence-corrected chi connectivity index (χ1v) is 7.62. The number of nitrogens with one attached hydrogen (secondary N) is 2. The van der Waals surface area contributed by atoms with E-state index in [0.717, 1.165) is 6.07 Å². The van der Waals surface area contributed by atoms with Gasteiger partial charge in [-0.1, -0.05) is 0 Å². The molecule has 26 heavy (non-hydrogen) atoms. The molecule has 3 rings (SSSR count). The van der Waals surface area contributed by atoms with Gasteiger partial charge in [-0.3, -0.25) is 29.5 Å². The van der Waals surface area contributed by atoms with Gasteiger partial charge in [0.2, 0.25) is 5.91 Å². The lowest BCUT2D eigenvalue weighted by atomic mass is 9.80. The zero-order valence-electron chi connectivity index (χ0n) is 13.9. The van der Waals surface area contributed by atoms with Gasteiger partial charge in [0.15, 0.2) is 0 Å². The van der Waals surface area contributed by atoms with Gasteiger partial charge in [-0.15, -0.1) is 0 Å². The van der Waals surface area contributed by atoms with E-state index in [4.69, 9.17) is 0 Å². The Labute approximate surface area is 147 Å². The van der Waals surface area contributed by atoms with E-state index in [1.165, 1.54) is 38.4 Å². The van der Waals surface area contributed by atoms with Crippen LogP contribution in [0.1, 0.15) is 29.8 Å². The fourth-order valence-corrected chi connectivity index (χ4v) is 2.77. The van der Waals surface area contributed by atoms with Crippen molar-refractivity contribution in [3.8, 4) is 0 Å². The molecule has 1 aromatic heterocycles. The van der Waals surface area contributed by atoms with Gasteiger partial charge in [-0.25, -0.2) is 0 Å². The van der Waals surface area contributed by atoms with Crippen molar-refractivity contribution in [3.63, 3.8) is 0 Å². The monoisotopic (exact) mass is 354 g/mol. The van der Waals surface area contributed by atoms with E-state index >= 15 is 0 Å². The molecule has 2 N–H and O–H groups in total. The number of nitrogens with zero attached hydrogens (tertiary/aromatic N) is 2. The lowest BCUT2D eigenvalue weighted by Crippen LogP contribution is -2.37. The first-order chi connectivity index (χ1) is 12.2. The van der Waals surface area contributed by atoms with Gasteiger partial charge in [0.05, 0.1) is 16.2 Å². The van der Waals surface area contributed by atoms with E-state index < -0.39 is 33.6 Å². The molecule has 2 heterocycles. The van der Waals surface area contributed by atoms with Crippen LogP contribution in [0.5, 0.6) is 0 Å². The van der Waals surface area contributed by atoms with Crippen molar-refractivity contribution in [2.24, 2.45) is 0 Å². The Balaban J connectivity index is 2.10. The van der Waals surface area contributed by atoms with Crippen LogP contribution in [-0.4, -0.2) is 27.5 Å². The summed E-state index contributed by atoms with van der Waals surface area (Å²) in [7, 11) is 0. The van der Waals surface area contributed by atoms with Gasteiger partial charge in [-0.2, -0.15) is 0 Å². The van der Waals surface area contributed by atoms with E-state index in [-0.39, 0.29) is 22.5 Å². The second kappa shape index (κ2) is 6.03. The predicted molar refractivity (Wildman–Crippen MR) is 91.9 cm³/mol. The topological polar surface area (TPSA) is 131 Å². The second-order valence-electron chi connectivity index (χ2n) is 6.00. The van der Waals surface area contributed by atoms with Crippen molar-refractivity contribution >= 4 is 34.7 Å². The van der Waals surface area contributed by atoms with Gasteiger partial charge in [0.25, 0.3) is 11.6 Å². The van der Waals surface area contributed by atoms with E-state index in [2.05, 4.69) is 15.6 Å². The number of ketones is 1. The minimum atomic E-state index is -1.47. The lowest BCUT2D eigenvalue weighted by molar-refractivity contribution is -0.383. The number of hydrogen-bond acceptors (Lipinski definition) is 6. The van der Waals surface area contributed by atoms with Crippen LogP contribution in [0.25, 0.3) is 0 Å². The molecule has 9 nitrogen and oxygen atoms in total. The predicted octanol–water partition coefficient (Wildman–Crippen LogP) is 2.04. The van der Waals surface area contributed by atoms with Crippen LogP contribution in [0.15, 0.2) is 36.7 Å². The average molecular weight is 354 g/mol. The van der Waals surface area contributed by atoms with Gasteiger partial charge in [0.1, 0.15) is 16.9 Å². The van der Waals surface area contributed by atoms with Gasteiger partial charge < -0.3 is 10.6 Å². The molecule has 1 aliphatic rings. The molecule has 0 saturated carbocycles. The number of hydrogen-bond donors (Lipinski definition) is 2. The van der Waals surface area contributed by atoms with Gasteiger partial charge >= 0.3 is 0 Å². The number of nitro benzene ring substituents is 1. The first kappa shape index (κ1) is 17.2. The standard InChI is InChI=1S/C17H14N4O5/c1-9(22)17(2)11-6-13(19-15(23)10-4-3-5-18-8-10)14(21(25)26)7-12(11)20-16(17)24/h3-8H,1-2H3,(H,19,23)(H,20,24). The molecule has 132 valence electrons. The van der Waals surface area contributed by atoms with Gasteiger partial charge in [-0.05, 0) is 32.0 Å². The third-order valence-electron chi connectivity index (χ3n) is 4.45. The number of carbonyl (C=O) groups is 3. The van der Waals surface area contributed by atoms with Crippen molar-refractivity contribution in [1.29, 1.82) is 0 Å². The minimum absolute atomic E-state index is 0.105. The van der Waals surface area contributed by atoms with Crippen LogP contribution >= 0.6 is 0 Å². The highest BCUT2D eigenvalue weighted by atomic mass is 16.6. The maximum atomic E-state index is 12.3. The SMILES string of the molecule is CC(=O)C1(C)C(=O)Nc2cc([N+](=O)[O-])c(NC(=O)c3cccnc3)cc21. The van der Waals surface area contributed by atoms with E-state index in [1.54, 1.807) is 6.07 Å². The fourth-order valence-electron chi connectivity index (χ4n) is 2.77. The molecule has 1 aliphatic heterocycles. The summed E-state index contributed by atoms with van der Waals surface area (Å²) in [6, 6.07) is 5.50. The molecule has 0 bridgehead atoms. The third kappa shape index (κ3) is 2.59. The summed E-state index contributed by atoms with van der Waals surface area (Å²) in [6.07, 6.45) is 2.81. The third-order valence-corrected chi connectivity index (χ3v) is 4.45. The number of pyridine rings is 1. The van der Waals surface area contributed by atoms with Crippen molar-refractivity contribution in [2.45, 2.75) is 19.3 Å². The first-order valence-electron chi connectivity index (χ1n) is 7.62. The van der Waals surface area contributed by atoms with Crippen LogP contribution in [0.4, 0.5) is 17.1 Å². The number of nitro groups is 1. The molecule has 9 heteroatoms. The maximum Gasteiger partial charge on any atom is 0.294 e. The molecule has 1 atom stereocenters. The Morgan fingerprint density at radius 2 is 2.08 bits per heavy atom. The Kier molecular flexibility index (Phi) is 3.99. The van der Waals surface area contributed by atoms with Crippen molar-refractivity contribution in [2.75, 3.05) is 10.6 Å². The highest BCUT2D eigenvalue weighted by Gasteiger charge is 2.48. The molecule has 0 radical (unpaired) electrons. The minimum Gasteiger partial charge on any atom is -0.324 e. The number of aromatic nitrogens is 1. The second-order valence-corrected chi connectivity index (χ2v) is 6.00. The quantitative estimate of drug-likeness (QED) is 0.491. The Hall–Kier alpha value is -3.62. The summed E-state index contributed by atoms with van der Waals surface area (Å²) < 4.78 is 0. The average Bonchev–Trinajstić information content (AvgIpc) is 2.86.